The highest BCUT2D eigenvalue weighted by atomic mass is 32.2. The van der Waals surface area contributed by atoms with E-state index in [1.54, 1.807) is 23.6 Å². The Hall–Kier alpha value is -1.00. The third-order valence-electron chi connectivity index (χ3n) is 2.88. The Bertz CT molecular complexity index is 420. The van der Waals surface area contributed by atoms with Crippen LogP contribution in [0.5, 0.6) is 0 Å². The minimum Gasteiger partial charge on any atom is -0.392 e. The minimum absolute atomic E-state index is 0.0540. The highest BCUT2D eigenvalue weighted by molar-refractivity contribution is 8.00. The summed E-state index contributed by atoms with van der Waals surface area (Å²) >= 11 is 1.63. The number of amides is 1. The molecular weight excluding hydrogens is 234 g/mol. The number of rotatable bonds is 3. The Labute approximate surface area is 106 Å². The quantitative estimate of drug-likeness (QED) is 0.892. The number of carbonyl (C=O) groups is 1. The number of β-amino-alcohol motifs (C(OH)–C–C–N with tert-alkyl or cyclic N) is 1. The molecular formula is C13H17NO2S. The summed E-state index contributed by atoms with van der Waals surface area (Å²) in [5, 5.41) is 9.52. The number of thioether (sulfide) groups is 1. The van der Waals surface area contributed by atoms with E-state index in [2.05, 4.69) is 19.1 Å². The van der Waals surface area contributed by atoms with Gasteiger partial charge in [-0.05, 0) is 25.0 Å². The van der Waals surface area contributed by atoms with Crippen molar-refractivity contribution >= 4 is 17.7 Å². The fourth-order valence-corrected chi connectivity index (χ4v) is 3.35. The van der Waals surface area contributed by atoms with Gasteiger partial charge in [0.1, 0.15) is 5.37 Å². The van der Waals surface area contributed by atoms with Crippen LogP contribution in [0.25, 0.3) is 0 Å². The molecule has 0 bridgehead atoms. The molecule has 0 saturated carbocycles. The van der Waals surface area contributed by atoms with E-state index in [0.717, 1.165) is 0 Å². The molecule has 17 heavy (non-hydrogen) atoms. The third kappa shape index (κ3) is 2.64. The van der Waals surface area contributed by atoms with E-state index in [9.17, 15) is 9.90 Å². The Kier molecular flexibility index (Phi) is 3.74. The molecule has 1 N–H and O–H groups in total. The highest BCUT2D eigenvalue weighted by Gasteiger charge is 2.33. The molecule has 0 radical (unpaired) electrons. The van der Waals surface area contributed by atoms with Crippen LogP contribution in [0.4, 0.5) is 0 Å². The third-order valence-corrected chi connectivity index (χ3v) is 4.12. The molecule has 92 valence electrons. The Morgan fingerprint density at radius 1 is 1.53 bits per heavy atom. The summed E-state index contributed by atoms with van der Waals surface area (Å²) in [4.78, 5) is 13.6. The van der Waals surface area contributed by atoms with Gasteiger partial charge in [0, 0.05) is 6.54 Å². The van der Waals surface area contributed by atoms with Gasteiger partial charge in [-0.25, -0.2) is 0 Å². The summed E-state index contributed by atoms with van der Waals surface area (Å²) in [6, 6.07) is 8.10. The average molecular weight is 251 g/mol. The number of carbonyl (C=O) groups excluding carboxylic acids is 1. The summed E-state index contributed by atoms with van der Waals surface area (Å²) < 4.78 is 0. The van der Waals surface area contributed by atoms with Gasteiger partial charge in [0.25, 0.3) is 0 Å². The average Bonchev–Trinajstić information content (AvgIpc) is 2.61. The second-order valence-electron chi connectivity index (χ2n) is 4.42. The van der Waals surface area contributed by atoms with Crippen LogP contribution in [0.1, 0.15) is 23.4 Å². The first-order valence-electron chi connectivity index (χ1n) is 5.74. The number of aliphatic hydroxyl groups is 1. The lowest BCUT2D eigenvalue weighted by molar-refractivity contribution is -0.129. The predicted molar refractivity (Wildman–Crippen MR) is 69.8 cm³/mol. The number of aliphatic hydroxyl groups excluding tert-OH is 1. The van der Waals surface area contributed by atoms with Crippen molar-refractivity contribution < 1.29 is 9.90 Å². The van der Waals surface area contributed by atoms with Crippen LogP contribution < -0.4 is 0 Å². The molecule has 2 unspecified atom stereocenters. The van der Waals surface area contributed by atoms with Gasteiger partial charge >= 0.3 is 0 Å². The van der Waals surface area contributed by atoms with Crippen molar-refractivity contribution in [3.8, 4) is 0 Å². The lowest BCUT2D eigenvalue weighted by Crippen LogP contribution is -2.34. The lowest BCUT2D eigenvalue weighted by atomic mass is 10.1. The Morgan fingerprint density at radius 3 is 2.88 bits per heavy atom. The van der Waals surface area contributed by atoms with Crippen LogP contribution in [-0.4, -0.2) is 34.3 Å². The second-order valence-corrected chi connectivity index (χ2v) is 5.48. The molecule has 1 saturated heterocycles. The van der Waals surface area contributed by atoms with E-state index < -0.39 is 6.10 Å². The van der Waals surface area contributed by atoms with Crippen molar-refractivity contribution in [3.05, 3.63) is 35.4 Å². The molecule has 0 aliphatic carbocycles. The molecule has 1 aromatic rings. The number of aryl methyl sites for hydroxylation is 1. The molecule has 1 aliphatic heterocycles. The lowest BCUT2D eigenvalue weighted by Gasteiger charge is -2.26. The first-order chi connectivity index (χ1) is 8.09. The van der Waals surface area contributed by atoms with Gasteiger partial charge in [0.05, 0.1) is 11.9 Å². The fourth-order valence-electron chi connectivity index (χ4n) is 2.06. The molecule has 4 heteroatoms. The number of hydrogen-bond donors (Lipinski definition) is 1. The molecule has 1 aliphatic rings. The van der Waals surface area contributed by atoms with Gasteiger partial charge in [-0.1, -0.05) is 24.3 Å². The zero-order valence-electron chi connectivity index (χ0n) is 10.1. The van der Waals surface area contributed by atoms with Crippen LogP contribution in [0.15, 0.2) is 24.3 Å². The van der Waals surface area contributed by atoms with E-state index in [4.69, 9.17) is 0 Å². The van der Waals surface area contributed by atoms with Crippen molar-refractivity contribution in [2.45, 2.75) is 25.3 Å². The van der Waals surface area contributed by atoms with Gasteiger partial charge in [-0.15, -0.1) is 11.8 Å². The van der Waals surface area contributed by atoms with Crippen LogP contribution in [-0.2, 0) is 4.79 Å². The summed E-state index contributed by atoms with van der Waals surface area (Å²) in [6.45, 7) is 4.18. The minimum atomic E-state index is -0.482. The largest absolute Gasteiger partial charge is 0.392 e. The zero-order valence-corrected chi connectivity index (χ0v) is 10.9. The number of hydrogen-bond acceptors (Lipinski definition) is 3. The van der Waals surface area contributed by atoms with Crippen LogP contribution in [0, 0.1) is 6.92 Å². The van der Waals surface area contributed by atoms with E-state index >= 15 is 0 Å². The zero-order chi connectivity index (χ0) is 12.4. The molecule has 1 amide bonds. The number of benzene rings is 1. The smallest absolute Gasteiger partial charge is 0.233 e. The summed E-state index contributed by atoms with van der Waals surface area (Å²) in [5.41, 5.74) is 2.36. The molecule has 1 aromatic carbocycles. The van der Waals surface area contributed by atoms with Gasteiger partial charge in [-0.3, -0.25) is 4.79 Å². The summed E-state index contributed by atoms with van der Waals surface area (Å²) in [5.74, 6) is 0.621. The molecule has 0 spiro atoms. The molecule has 2 atom stereocenters. The maximum atomic E-state index is 11.8. The highest BCUT2D eigenvalue weighted by Crippen LogP contribution is 2.39. The predicted octanol–water partition coefficient (Wildman–Crippen LogP) is 1.95. The first kappa shape index (κ1) is 12.5. The van der Waals surface area contributed by atoms with Crippen molar-refractivity contribution in [2.24, 2.45) is 0 Å². The Morgan fingerprint density at radius 2 is 2.24 bits per heavy atom. The standard InChI is InChI=1S/C13H17NO2S/c1-9-5-3-4-6-11(9)13-14(7-10(2)15)12(16)8-17-13/h3-6,10,13,15H,7-8H2,1-2H3. The molecule has 3 nitrogen and oxygen atoms in total. The Balaban J connectivity index is 2.25. The normalized spacial score (nSPS) is 21.9. The van der Waals surface area contributed by atoms with Gasteiger partial charge < -0.3 is 10.0 Å². The van der Waals surface area contributed by atoms with Crippen LogP contribution in [0.3, 0.4) is 0 Å². The SMILES string of the molecule is Cc1ccccc1C1SCC(=O)N1CC(C)O. The summed E-state index contributed by atoms with van der Waals surface area (Å²) in [6.07, 6.45) is -0.482. The van der Waals surface area contributed by atoms with Gasteiger partial charge in [-0.2, -0.15) is 0 Å². The van der Waals surface area contributed by atoms with Crippen molar-refractivity contribution in [3.63, 3.8) is 0 Å². The molecule has 2 rings (SSSR count). The van der Waals surface area contributed by atoms with Crippen LogP contribution >= 0.6 is 11.8 Å². The second kappa shape index (κ2) is 5.10. The summed E-state index contributed by atoms with van der Waals surface area (Å²) in [7, 11) is 0. The fraction of sp³-hybridized carbons (Fsp3) is 0.462. The molecule has 1 heterocycles. The van der Waals surface area contributed by atoms with E-state index in [1.165, 1.54) is 11.1 Å². The topological polar surface area (TPSA) is 40.5 Å². The monoisotopic (exact) mass is 251 g/mol. The molecule has 0 aromatic heterocycles. The van der Waals surface area contributed by atoms with Gasteiger partial charge in [0.15, 0.2) is 0 Å². The van der Waals surface area contributed by atoms with Crippen LogP contribution in [0.2, 0.25) is 0 Å². The van der Waals surface area contributed by atoms with Crippen molar-refractivity contribution in [1.29, 1.82) is 0 Å². The van der Waals surface area contributed by atoms with E-state index in [1.807, 2.05) is 12.1 Å². The van der Waals surface area contributed by atoms with Gasteiger partial charge in [0.2, 0.25) is 5.91 Å². The maximum Gasteiger partial charge on any atom is 0.233 e. The molecule has 1 fully saturated rings. The van der Waals surface area contributed by atoms with Crippen molar-refractivity contribution in [2.75, 3.05) is 12.3 Å². The van der Waals surface area contributed by atoms with E-state index in [-0.39, 0.29) is 11.3 Å². The number of nitrogens with zero attached hydrogens (tertiary/aromatic N) is 1. The first-order valence-corrected chi connectivity index (χ1v) is 6.79. The maximum absolute atomic E-state index is 11.8. The van der Waals surface area contributed by atoms with E-state index in [0.29, 0.717) is 12.3 Å². The van der Waals surface area contributed by atoms with Crippen molar-refractivity contribution in [1.82, 2.24) is 4.90 Å².